The SMILES string of the molecule is CCCCCCC(C)OC(=O)COc1nc(F)c(Cl)c(N)c1Cl.Nc1nc(C2CC2)nc(C(=O)O)c1Cl. The number of aromatic carboxylic acids is 1. The van der Waals surface area contributed by atoms with E-state index in [1.807, 2.05) is 6.92 Å². The summed E-state index contributed by atoms with van der Waals surface area (Å²) in [6.07, 6.45) is 6.97. The number of halogens is 4. The van der Waals surface area contributed by atoms with Crippen molar-refractivity contribution < 1.29 is 28.6 Å². The van der Waals surface area contributed by atoms with E-state index in [1.54, 1.807) is 0 Å². The predicted molar refractivity (Wildman–Crippen MR) is 139 cm³/mol. The summed E-state index contributed by atoms with van der Waals surface area (Å²) in [5, 5.41) is 8.18. The number of rotatable bonds is 11. The highest BCUT2D eigenvalue weighted by Gasteiger charge is 2.29. The van der Waals surface area contributed by atoms with E-state index in [1.165, 1.54) is 0 Å². The molecule has 5 N–H and O–H groups in total. The van der Waals surface area contributed by atoms with Crippen molar-refractivity contribution in [1.82, 2.24) is 15.0 Å². The van der Waals surface area contributed by atoms with Gasteiger partial charge in [0.15, 0.2) is 12.3 Å². The fourth-order valence-electron chi connectivity index (χ4n) is 3.06. The Balaban J connectivity index is 0.000000291. The van der Waals surface area contributed by atoms with Gasteiger partial charge in [0.2, 0.25) is 11.8 Å². The van der Waals surface area contributed by atoms with Crippen LogP contribution in [-0.4, -0.2) is 44.7 Å². The van der Waals surface area contributed by atoms with Crippen LogP contribution in [0.15, 0.2) is 0 Å². The molecule has 2 aromatic heterocycles. The zero-order valence-electron chi connectivity index (χ0n) is 20.4. The molecule has 1 aliphatic rings. The van der Waals surface area contributed by atoms with Crippen molar-refractivity contribution in [3.05, 3.63) is 32.5 Å². The van der Waals surface area contributed by atoms with Gasteiger partial charge >= 0.3 is 11.9 Å². The third-order valence-corrected chi connectivity index (χ3v) is 6.30. The number of nitrogens with two attached hydrogens (primary N) is 2. The van der Waals surface area contributed by atoms with Gasteiger partial charge in [0.05, 0.1) is 11.8 Å². The van der Waals surface area contributed by atoms with Crippen LogP contribution in [0.2, 0.25) is 15.1 Å². The zero-order chi connectivity index (χ0) is 27.7. The summed E-state index contributed by atoms with van der Waals surface area (Å²) in [5.41, 5.74) is 10.6. The number of carbonyl (C=O) groups excluding carboxylic acids is 1. The molecule has 0 bridgehead atoms. The van der Waals surface area contributed by atoms with E-state index in [9.17, 15) is 14.0 Å². The van der Waals surface area contributed by atoms with Crippen molar-refractivity contribution in [2.75, 3.05) is 18.1 Å². The Morgan fingerprint density at radius 3 is 2.35 bits per heavy atom. The molecule has 37 heavy (non-hydrogen) atoms. The maximum Gasteiger partial charge on any atom is 0.356 e. The Bertz CT molecular complexity index is 1120. The van der Waals surface area contributed by atoms with Crippen LogP contribution >= 0.6 is 34.8 Å². The lowest BCUT2D eigenvalue weighted by molar-refractivity contribution is -0.151. The number of unbranched alkanes of at least 4 members (excludes halogenated alkanes) is 3. The fraction of sp³-hybridized carbons (Fsp3) is 0.522. The number of carboxylic acids is 1. The van der Waals surface area contributed by atoms with Gasteiger partial charge in [0.1, 0.15) is 26.7 Å². The van der Waals surface area contributed by atoms with Crippen LogP contribution in [0.1, 0.15) is 81.0 Å². The second kappa shape index (κ2) is 14.3. The first-order valence-electron chi connectivity index (χ1n) is 11.6. The highest BCUT2D eigenvalue weighted by atomic mass is 35.5. The van der Waals surface area contributed by atoms with Crippen molar-refractivity contribution in [1.29, 1.82) is 0 Å². The topological polar surface area (TPSA) is 164 Å². The Kier molecular flexibility index (Phi) is 11.9. The van der Waals surface area contributed by atoms with Crippen molar-refractivity contribution in [2.24, 2.45) is 0 Å². The van der Waals surface area contributed by atoms with E-state index >= 15 is 0 Å². The number of esters is 1. The largest absolute Gasteiger partial charge is 0.476 e. The van der Waals surface area contributed by atoms with Crippen LogP contribution in [0.25, 0.3) is 0 Å². The van der Waals surface area contributed by atoms with E-state index in [4.69, 9.17) is 60.9 Å². The van der Waals surface area contributed by atoms with Gasteiger partial charge in [-0.2, -0.15) is 9.37 Å². The van der Waals surface area contributed by atoms with Gasteiger partial charge in [0.25, 0.3) is 0 Å². The van der Waals surface area contributed by atoms with E-state index in [0.29, 0.717) is 5.82 Å². The van der Waals surface area contributed by atoms with E-state index in [2.05, 4.69) is 21.9 Å². The number of nitrogens with zero attached hydrogens (tertiary/aromatic N) is 3. The van der Waals surface area contributed by atoms with E-state index in [0.717, 1.165) is 44.9 Å². The average Bonchev–Trinajstić information content (AvgIpc) is 3.69. The molecular formula is C23H29Cl3FN5O5. The molecular weight excluding hydrogens is 552 g/mol. The Morgan fingerprint density at radius 1 is 1.08 bits per heavy atom. The molecule has 1 saturated carbocycles. The minimum absolute atomic E-state index is 0.0426. The molecule has 0 amide bonds. The Hall–Kier alpha value is -2.63. The van der Waals surface area contributed by atoms with Crippen molar-refractivity contribution >= 4 is 58.2 Å². The predicted octanol–water partition coefficient (Wildman–Crippen LogP) is 5.68. The molecule has 1 fully saturated rings. The first-order chi connectivity index (χ1) is 17.5. The van der Waals surface area contributed by atoms with Gasteiger partial charge in [-0.3, -0.25) is 0 Å². The number of hydrogen-bond donors (Lipinski definition) is 3. The molecule has 2 aromatic rings. The molecule has 2 heterocycles. The summed E-state index contributed by atoms with van der Waals surface area (Å²) in [7, 11) is 0. The Morgan fingerprint density at radius 2 is 1.76 bits per heavy atom. The molecule has 1 aliphatic carbocycles. The second-order valence-electron chi connectivity index (χ2n) is 8.40. The number of pyridine rings is 1. The maximum atomic E-state index is 13.4. The lowest BCUT2D eigenvalue weighted by atomic mass is 10.1. The minimum Gasteiger partial charge on any atom is -0.476 e. The monoisotopic (exact) mass is 579 g/mol. The van der Waals surface area contributed by atoms with Crippen LogP contribution in [0.4, 0.5) is 15.9 Å². The standard InChI is InChI=1S/C15H21Cl2FN2O3.C8H8ClN3O2/c1-3-4-5-6-7-9(2)23-10(21)8-22-15-12(17)13(19)11(16)14(18)20-15;9-4-5(8(13)14)11-7(3-1-2-3)12-6(4)10/h9H,3-8H2,1-2H3,(H2,19,20);3H,1-2H2,(H,13,14)(H2,10,11,12). The molecule has 1 atom stereocenters. The van der Waals surface area contributed by atoms with Crippen LogP contribution in [-0.2, 0) is 9.53 Å². The molecule has 1 unspecified atom stereocenters. The molecule has 3 rings (SSSR count). The molecule has 0 radical (unpaired) electrons. The summed E-state index contributed by atoms with van der Waals surface area (Å²) in [4.78, 5) is 33.7. The van der Waals surface area contributed by atoms with Crippen LogP contribution in [0, 0.1) is 5.95 Å². The Labute approximate surface area is 228 Å². The molecule has 10 nitrogen and oxygen atoms in total. The molecule has 204 valence electrons. The number of aromatic nitrogens is 3. The van der Waals surface area contributed by atoms with Crippen LogP contribution in [0.3, 0.4) is 0 Å². The first-order valence-corrected chi connectivity index (χ1v) is 12.8. The number of ether oxygens (including phenoxy) is 2. The van der Waals surface area contributed by atoms with Gasteiger partial charge in [0, 0.05) is 5.92 Å². The molecule has 0 aliphatic heterocycles. The molecule has 0 aromatic carbocycles. The normalized spacial score (nSPS) is 13.4. The smallest absolute Gasteiger partial charge is 0.356 e. The van der Waals surface area contributed by atoms with Gasteiger partial charge in [-0.1, -0.05) is 61.0 Å². The van der Waals surface area contributed by atoms with Gasteiger partial charge in [-0.05, 0) is 32.6 Å². The highest BCUT2D eigenvalue weighted by molar-refractivity contribution is 6.39. The van der Waals surface area contributed by atoms with Crippen molar-refractivity contribution in [3.8, 4) is 5.88 Å². The number of anilines is 2. The lowest BCUT2D eigenvalue weighted by Crippen LogP contribution is -2.21. The summed E-state index contributed by atoms with van der Waals surface area (Å²) in [5.74, 6) is -2.27. The quantitative estimate of drug-likeness (QED) is 0.171. The van der Waals surface area contributed by atoms with Crippen molar-refractivity contribution in [3.63, 3.8) is 0 Å². The van der Waals surface area contributed by atoms with Crippen LogP contribution in [0.5, 0.6) is 5.88 Å². The van der Waals surface area contributed by atoms with Gasteiger partial charge in [-0.25, -0.2) is 19.6 Å². The highest BCUT2D eigenvalue weighted by Crippen LogP contribution is 2.39. The zero-order valence-corrected chi connectivity index (χ0v) is 22.7. The summed E-state index contributed by atoms with van der Waals surface area (Å²) in [6, 6.07) is 0. The molecule has 0 saturated heterocycles. The average molecular weight is 581 g/mol. The third kappa shape index (κ3) is 9.32. The van der Waals surface area contributed by atoms with Gasteiger partial charge < -0.3 is 26.0 Å². The third-order valence-electron chi connectivity index (χ3n) is 5.20. The molecule has 0 spiro atoms. The summed E-state index contributed by atoms with van der Waals surface area (Å²) in [6.45, 7) is 3.51. The lowest BCUT2D eigenvalue weighted by Gasteiger charge is -2.14. The van der Waals surface area contributed by atoms with E-state index in [-0.39, 0.29) is 50.2 Å². The second-order valence-corrected chi connectivity index (χ2v) is 9.53. The number of nitrogen functional groups attached to an aromatic ring is 2. The molecule has 14 heteroatoms. The maximum absolute atomic E-state index is 13.4. The van der Waals surface area contributed by atoms with Crippen molar-refractivity contribution in [2.45, 2.75) is 70.8 Å². The number of hydrogen-bond acceptors (Lipinski definition) is 9. The number of carboxylic acid groups (broad SMARTS) is 1. The van der Waals surface area contributed by atoms with E-state index < -0.39 is 24.5 Å². The van der Waals surface area contributed by atoms with Crippen LogP contribution < -0.4 is 16.2 Å². The summed E-state index contributed by atoms with van der Waals surface area (Å²) >= 11 is 17.1. The fourth-order valence-corrected chi connectivity index (χ4v) is 3.60. The minimum atomic E-state index is -1.17. The van der Waals surface area contributed by atoms with Gasteiger partial charge in [-0.15, -0.1) is 0 Å². The number of carbonyl (C=O) groups is 2. The first kappa shape index (κ1) is 30.6. The summed E-state index contributed by atoms with van der Waals surface area (Å²) < 4.78 is 23.6.